The van der Waals surface area contributed by atoms with E-state index in [2.05, 4.69) is 5.10 Å². The molecule has 4 rings (SSSR count). The summed E-state index contributed by atoms with van der Waals surface area (Å²) in [6, 6.07) is 15.2. The first-order valence-electron chi connectivity index (χ1n) is 7.50. The number of rotatable bonds is 2. The molecule has 118 valence electrons. The van der Waals surface area contributed by atoms with Crippen LogP contribution in [0, 0.1) is 11.3 Å². The third-order valence-corrected chi connectivity index (χ3v) is 3.97. The van der Waals surface area contributed by atoms with Crippen molar-refractivity contribution in [1.29, 1.82) is 5.26 Å². The number of fused-ring (bicyclic) bond motifs is 2. The summed E-state index contributed by atoms with van der Waals surface area (Å²) in [6.45, 7) is 0.0837. The molecule has 2 aromatic carbocycles. The Morgan fingerprint density at radius 2 is 1.92 bits per heavy atom. The number of hydrazone groups is 1. The molecule has 0 bridgehead atoms. The Hall–Kier alpha value is -3.33. The summed E-state index contributed by atoms with van der Waals surface area (Å²) in [5.74, 6) is 1.05. The first-order chi connectivity index (χ1) is 11.8. The van der Waals surface area contributed by atoms with Crippen LogP contribution in [0.15, 0.2) is 47.6 Å². The van der Waals surface area contributed by atoms with E-state index >= 15 is 0 Å². The van der Waals surface area contributed by atoms with Crippen molar-refractivity contribution in [2.24, 2.45) is 5.10 Å². The van der Waals surface area contributed by atoms with Gasteiger partial charge in [0.2, 0.25) is 12.7 Å². The van der Waals surface area contributed by atoms with Crippen LogP contribution in [0.25, 0.3) is 0 Å². The molecule has 1 amide bonds. The Morgan fingerprint density at radius 1 is 1.17 bits per heavy atom. The predicted octanol–water partition coefficient (Wildman–Crippen LogP) is 2.08. The lowest BCUT2D eigenvalue weighted by molar-refractivity contribution is -0.129. The number of hydrogen-bond acceptors (Lipinski definition) is 5. The van der Waals surface area contributed by atoms with E-state index in [1.54, 1.807) is 0 Å². The molecule has 0 spiro atoms. The van der Waals surface area contributed by atoms with E-state index in [0.717, 1.165) is 16.7 Å². The summed E-state index contributed by atoms with van der Waals surface area (Å²) in [4.78, 5) is 12.4. The van der Waals surface area contributed by atoms with Gasteiger partial charge in [0, 0.05) is 11.1 Å². The molecule has 0 radical (unpaired) electrons. The van der Waals surface area contributed by atoms with Crippen molar-refractivity contribution in [1.82, 2.24) is 5.01 Å². The molecule has 6 heteroatoms. The van der Waals surface area contributed by atoms with Crippen molar-refractivity contribution >= 4 is 11.6 Å². The van der Waals surface area contributed by atoms with Crippen LogP contribution in [-0.2, 0) is 11.2 Å². The van der Waals surface area contributed by atoms with Crippen LogP contribution < -0.4 is 9.47 Å². The second-order valence-corrected chi connectivity index (χ2v) is 5.46. The Kier molecular flexibility index (Phi) is 3.39. The molecule has 2 aromatic rings. The minimum atomic E-state index is -0.220. The van der Waals surface area contributed by atoms with E-state index in [1.807, 2.05) is 48.5 Å². The second kappa shape index (κ2) is 5.70. The molecule has 0 N–H and O–H groups in total. The lowest BCUT2D eigenvalue weighted by Gasteiger charge is -2.12. The van der Waals surface area contributed by atoms with Gasteiger partial charge in [0.05, 0.1) is 18.2 Å². The van der Waals surface area contributed by atoms with Crippen LogP contribution in [-0.4, -0.2) is 30.0 Å². The van der Waals surface area contributed by atoms with Crippen molar-refractivity contribution in [2.45, 2.75) is 6.42 Å². The SMILES string of the molecule is N#CCN1N=C(c2ccccc2)c2cc3c(cc2CC1=O)OCO3. The van der Waals surface area contributed by atoms with E-state index in [-0.39, 0.29) is 25.7 Å². The fraction of sp³-hybridized carbons (Fsp3) is 0.167. The van der Waals surface area contributed by atoms with E-state index < -0.39 is 0 Å². The molecule has 6 nitrogen and oxygen atoms in total. The molecule has 2 heterocycles. The van der Waals surface area contributed by atoms with Crippen molar-refractivity contribution < 1.29 is 14.3 Å². The van der Waals surface area contributed by atoms with Crippen LogP contribution in [0.5, 0.6) is 11.5 Å². The molecule has 24 heavy (non-hydrogen) atoms. The molecule has 2 aliphatic heterocycles. The van der Waals surface area contributed by atoms with Gasteiger partial charge in [-0.1, -0.05) is 30.3 Å². The van der Waals surface area contributed by atoms with Crippen LogP contribution >= 0.6 is 0 Å². The van der Waals surface area contributed by atoms with Gasteiger partial charge in [-0.2, -0.15) is 10.4 Å². The van der Waals surface area contributed by atoms with Gasteiger partial charge >= 0.3 is 0 Å². The van der Waals surface area contributed by atoms with Crippen LogP contribution in [0.3, 0.4) is 0 Å². The molecule has 0 saturated carbocycles. The van der Waals surface area contributed by atoms with Gasteiger partial charge in [0.1, 0.15) is 6.54 Å². The van der Waals surface area contributed by atoms with Crippen molar-refractivity contribution in [3.63, 3.8) is 0 Å². The largest absolute Gasteiger partial charge is 0.454 e. The number of nitriles is 1. The highest BCUT2D eigenvalue weighted by Crippen LogP contribution is 2.37. The average Bonchev–Trinajstić information content (AvgIpc) is 3.01. The van der Waals surface area contributed by atoms with Crippen molar-refractivity contribution in [3.05, 3.63) is 59.2 Å². The number of nitrogens with zero attached hydrogens (tertiary/aromatic N) is 3. The maximum Gasteiger partial charge on any atom is 0.248 e. The molecule has 0 saturated heterocycles. The van der Waals surface area contributed by atoms with Crippen LogP contribution in [0.2, 0.25) is 0 Å². The number of benzene rings is 2. The smallest absolute Gasteiger partial charge is 0.248 e. The summed E-state index contributed by atoms with van der Waals surface area (Å²) in [6.07, 6.45) is 0.160. The number of ether oxygens (including phenoxy) is 2. The summed E-state index contributed by atoms with van der Waals surface area (Å²) in [5.41, 5.74) is 3.15. The van der Waals surface area contributed by atoms with Gasteiger partial charge in [-0.05, 0) is 17.7 Å². The van der Waals surface area contributed by atoms with E-state index in [1.165, 1.54) is 5.01 Å². The summed E-state index contributed by atoms with van der Waals surface area (Å²) < 4.78 is 10.9. The maximum absolute atomic E-state index is 12.4. The zero-order valence-electron chi connectivity index (χ0n) is 12.7. The highest BCUT2D eigenvalue weighted by atomic mass is 16.7. The minimum Gasteiger partial charge on any atom is -0.454 e. The van der Waals surface area contributed by atoms with Gasteiger partial charge in [-0.25, -0.2) is 5.01 Å². The summed E-state index contributed by atoms with van der Waals surface area (Å²) in [5, 5.41) is 14.7. The zero-order chi connectivity index (χ0) is 16.5. The molecule has 0 fully saturated rings. The Bertz CT molecular complexity index is 884. The third-order valence-electron chi connectivity index (χ3n) is 3.97. The fourth-order valence-electron chi connectivity index (χ4n) is 2.84. The van der Waals surface area contributed by atoms with E-state index in [4.69, 9.17) is 14.7 Å². The minimum absolute atomic E-state index is 0.0874. The normalized spacial score (nSPS) is 15.4. The fourth-order valence-corrected chi connectivity index (χ4v) is 2.84. The van der Waals surface area contributed by atoms with Crippen LogP contribution in [0.1, 0.15) is 16.7 Å². The Balaban J connectivity index is 1.92. The van der Waals surface area contributed by atoms with Crippen molar-refractivity contribution in [3.8, 4) is 17.6 Å². The van der Waals surface area contributed by atoms with Gasteiger partial charge in [-0.3, -0.25) is 4.79 Å². The highest BCUT2D eigenvalue weighted by Gasteiger charge is 2.27. The molecule has 0 unspecified atom stereocenters. The molecular formula is C18H13N3O3. The standard InChI is InChI=1S/C18H13N3O3/c19-6-7-21-17(22)9-13-8-15-16(24-11-23-15)10-14(13)18(20-21)12-4-2-1-3-5-12/h1-5,8,10H,7,9,11H2. The number of carbonyl (C=O) groups is 1. The predicted molar refractivity (Wildman–Crippen MR) is 85.7 cm³/mol. The molecule has 0 atom stereocenters. The number of amides is 1. The molecule has 0 aromatic heterocycles. The van der Waals surface area contributed by atoms with Crippen LogP contribution in [0.4, 0.5) is 0 Å². The highest BCUT2D eigenvalue weighted by molar-refractivity contribution is 6.15. The summed E-state index contributed by atoms with van der Waals surface area (Å²) in [7, 11) is 0. The quantitative estimate of drug-likeness (QED) is 0.794. The lowest BCUT2D eigenvalue weighted by Crippen LogP contribution is -2.27. The molecular weight excluding hydrogens is 306 g/mol. The number of carbonyl (C=O) groups excluding carboxylic acids is 1. The first kappa shape index (κ1) is 14.3. The first-order valence-corrected chi connectivity index (χ1v) is 7.50. The average molecular weight is 319 g/mol. The maximum atomic E-state index is 12.4. The Morgan fingerprint density at radius 3 is 2.67 bits per heavy atom. The topological polar surface area (TPSA) is 74.9 Å². The van der Waals surface area contributed by atoms with Crippen molar-refractivity contribution in [2.75, 3.05) is 13.3 Å². The van der Waals surface area contributed by atoms with Gasteiger partial charge < -0.3 is 9.47 Å². The van der Waals surface area contributed by atoms with Gasteiger partial charge in [-0.15, -0.1) is 0 Å². The monoisotopic (exact) mass is 319 g/mol. The van der Waals surface area contributed by atoms with E-state index in [9.17, 15) is 4.79 Å². The third kappa shape index (κ3) is 2.36. The second-order valence-electron chi connectivity index (χ2n) is 5.46. The van der Waals surface area contributed by atoms with Gasteiger partial charge in [0.25, 0.3) is 0 Å². The summed E-state index contributed by atoms with van der Waals surface area (Å²) >= 11 is 0. The molecule has 2 aliphatic rings. The Labute approximate surface area is 138 Å². The lowest BCUT2D eigenvalue weighted by atomic mass is 9.95. The number of hydrogen-bond donors (Lipinski definition) is 0. The molecule has 0 aliphatic carbocycles. The van der Waals surface area contributed by atoms with Gasteiger partial charge in [0.15, 0.2) is 11.5 Å². The zero-order valence-corrected chi connectivity index (χ0v) is 12.7. The van der Waals surface area contributed by atoms with E-state index in [0.29, 0.717) is 17.2 Å².